The van der Waals surface area contributed by atoms with Gasteiger partial charge in [0.15, 0.2) is 0 Å². The Bertz CT molecular complexity index is 492. The molecule has 1 aromatic rings. The molecule has 5 nitrogen and oxygen atoms in total. The predicted molar refractivity (Wildman–Crippen MR) is 53.0 cm³/mol. The molecule has 2 saturated carbocycles. The standard InChI is InChI=1S/C10H11F3N4O/c11-10(12,13)8-15-6(16-17-8)4-14-7(18)5-3-9(5)1-2-9/h5H,1-4H2,(H,14,18)(H,15,16,17). The number of amides is 1. The monoisotopic (exact) mass is 260 g/mol. The molecule has 3 rings (SSSR count). The van der Waals surface area contributed by atoms with Crippen LogP contribution in [0.1, 0.15) is 30.9 Å². The minimum atomic E-state index is -4.56. The van der Waals surface area contributed by atoms with Crippen molar-refractivity contribution in [2.75, 3.05) is 0 Å². The summed E-state index contributed by atoms with van der Waals surface area (Å²) in [7, 11) is 0. The van der Waals surface area contributed by atoms with E-state index in [1.54, 1.807) is 0 Å². The van der Waals surface area contributed by atoms with Crippen molar-refractivity contribution in [1.29, 1.82) is 0 Å². The fraction of sp³-hybridized carbons (Fsp3) is 0.700. The number of nitrogens with zero attached hydrogens (tertiary/aromatic N) is 2. The van der Waals surface area contributed by atoms with Crippen LogP contribution in [0.5, 0.6) is 0 Å². The first-order valence-electron chi connectivity index (χ1n) is 5.67. The number of carbonyl (C=O) groups excluding carboxylic acids is 1. The molecule has 1 spiro atoms. The third kappa shape index (κ3) is 1.95. The number of H-pyrrole nitrogens is 1. The summed E-state index contributed by atoms with van der Waals surface area (Å²) in [6.07, 6.45) is -1.48. The Morgan fingerprint density at radius 3 is 2.72 bits per heavy atom. The van der Waals surface area contributed by atoms with Crippen LogP contribution in [-0.4, -0.2) is 21.1 Å². The van der Waals surface area contributed by atoms with Crippen LogP contribution in [0.3, 0.4) is 0 Å². The average Bonchev–Trinajstić information content (AvgIpc) is 3.16. The maximum atomic E-state index is 12.2. The Morgan fingerprint density at radius 1 is 1.50 bits per heavy atom. The van der Waals surface area contributed by atoms with Crippen molar-refractivity contribution in [2.24, 2.45) is 11.3 Å². The zero-order chi connectivity index (χ0) is 13.0. The first-order valence-corrected chi connectivity index (χ1v) is 5.67. The second-order valence-electron chi connectivity index (χ2n) is 4.94. The summed E-state index contributed by atoms with van der Waals surface area (Å²) in [6.45, 7) is -0.0471. The molecule has 2 N–H and O–H groups in total. The van der Waals surface area contributed by atoms with E-state index in [4.69, 9.17) is 0 Å². The van der Waals surface area contributed by atoms with Crippen molar-refractivity contribution in [3.8, 4) is 0 Å². The third-order valence-corrected chi connectivity index (χ3v) is 3.61. The largest absolute Gasteiger partial charge is 0.453 e. The molecule has 0 bridgehead atoms. The first kappa shape index (κ1) is 11.5. The Labute approximate surface area is 100 Å². The molecule has 1 unspecified atom stereocenters. The van der Waals surface area contributed by atoms with E-state index in [1.165, 1.54) is 0 Å². The van der Waals surface area contributed by atoms with Crippen LogP contribution in [0.25, 0.3) is 0 Å². The topological polar surface area (TPSA) is 70.7 Å². The number of halogens is 3. The molecule has 2 aliphatic rings. The lowest BCUT2D eigenvalue weighted by Crippen LogP contribution is -2.25. The molecule has 18 heavy (non-hydrogen) atoms. The minimum absolute atomic E-state index is 0.0150. The lowest BCUT2D eigenvalue weighted by atomic mass is 10.3. The maximum Gasteiger partial charge on any atom is 0.453 e. The van der Waals surface area contributed by atoms with Crippen molar-refractivity contribution in [2.45, 2.75) is 32.0 Å². The van der Waals surface area contributed by atoms with E-state index in [0.29, 0.717) is 0 Å². The van der Waals surface area contributed by atoms with Gasteiger partial charge in [0.2, 0.25) is 5.91 Å². The fourth-order valence-electron chi connectivity index (χ4n) is 2.23. The van der Waals surface area contributed by atoms with Gasteiger partial charge in [0.25, 0.3) is 5.82 Å². The van der Waals surface area contributed by atoms with E-state index < -0.39 is 12.0 Å². The van der Waals surface area contributed by atoms with Gasteiger partial charge in [-0.15, -0.1) is 5.10 Å². The second-order valence-corrected chi connectivity index (χ2v) is 4.94. The van der Waals surface area contributed by atoms with Gasteiger partial charge in [-0.25, -0.2) is 4.98 Å². The van der Waals surface area contributed by atoms with Gasteiger partial charge in [-0.2, -0.15) is 13.2 Å². The number of rotatable bonds is 3. The number of hydrogen-bond acceptors (Lipinski definition) is 3. The number of aromatic nitrogens is 3. The van der Waals surface area contributed by atoms with E-state index in [-0.39, 0.29) is 29.6 Å². The number of aromatic amines is 1. The van der Waals surface area contributed by atoms with Gasteiger partial charge >= 0.3 is 6.18 Å². The summed E-state index contributed by atoms with van der Waals surface area (Å²) in [4.78, 5) is 14.9. The molecule has 0 radical (unpaired) electrons. The highest BCUT2D eigenvalue weighted by atomic mass is 19.4. The van der Waals surface area contributed by atoms with Crippen molar-refractivity contribution < 1.29 is 18.0 Å². The van der Waals surface area contributed by atoms with Crippen LogP contribution in [0.15, 0.2) is 0 Å². The summed E-state index contributed by atoms with van der Waals surface area (Å²) in [5.41, 5.74) is 0.239. The van der Waals surface area contributed by atoms with E-state index in [0.717, 1.165) is 19.3 Å². The van der Waals surface area contributed by atoms with Gasteiger partial charge in [-0.05, 0) is 24.7 Å². The molecule has 0 aromatic carbocycles. The highest BCUT2D eigenvalue weighted by Gasteiger charge is 2.65. The zero-order valence-electron chi connectivity index (χ0n) is 9.34. The van der Waals surface area contributed by atoms with E-state index in [1.807, 2.05) is 0 Å². The summed E-state index contributed by atoms with van der Waals surface area (Å²) in [5, 5.41) is 7.80. The molecule has 2 fully saturated rings. The van der Waals surface area contributed by atoms with Crippen LogP contribution in [0.4, 0.5) is 13.2 Å². The van der Waals surface area contributed by atoms with Crippen LogP contribution >= 0.6 is 0 Å². The molecule has 1 aromatic heterocycles. The molecular formula is C10H11F3N4O. The summed E-state index contributed by atoms with van der Waals surface area (Å²) < 4.78 is 36.6. The van der Waals surface area contributed by atoms with E-state index in [2.05, 4.69) is 20.5 Å². The smallest absolute Gasteiger partial charge is 0.349 e. The van der Waals surface area contributed by atoms with E-state index in [9.17, 15) is 18.0 Å². The van der Waals surface area contributed by atoms with Crippen LogP contribution in [-0.2, 0) is 17.5 Å². The van der Waals surface area contributed by atoms with Crippen LogP contribution in [0, 0.1) is 11.3 Å². The van der Waals surface area contributed by atoms with Crippen molar-refractivity contribution >= 4 is 5.91 Å². The lowest BCUT2D eigenvalue weighted by Gasteiger charge is -2.01. The van der Waals surface area contributed by atoms with Gasteiger partial charge in [-0.1, -0.05) is 0 Å². The second kappa shape index (κ2) is 3.46. The molecule has 1 atom stereocenters. The SMILES string of the molecule is O=C(NCc1nc(C(F)(F)F)n[nH]1)C1CC12CC2. The Hall–Kier alpha value is -1.60. The van der Waals surface area contributed by atoms with Gasteiger partial charge < -0.3 is 5.32 Å². The summed E-state index contributed by atoms with van der Waals surface area (Å²) >= 11 is 0. The van der Waals surface area contributed by atoms with E-state index >= 15 is 0 Å². The first-order chi connectivity index (χ1) is 8.41. The fourth-order valence-corrected chi connectivity index (χ4v) is 2.23. The Kier molecular flexibility index (Phi) is 2.21. The molecule has 8 heteroatoms. The molecular weight excluding hydrogens is 249 g/mol. The molecule has 0 aliphatic heterocycles. The van der Waals surface area contributed by atoms with Crippen molar-refractivity contribution in [3.63, 3.8) is 0 Å². The molecule has 0 saturated heterocycles. The van der Waals surface area contributed by atoms with Crippen LogP contribution < -0.4 is 5.32 Å². The zero-order valence-corrected chi connectivity index (χ0v) is 9.34. The highest BCUT2D eigenvalue weighted by molar-refractivity contribution is 5.83. The van der Waals surface area contributed by atoms with Gasteiger partial charge in [0.05, 0.1) is 6.54 Å². The van der Waals surface area contributed by atoms with Crippen molar-refractivity contribution in [1.82, 2.24) is 20.5 Å². The summed E-state index contributed by atoms with van der Waals surface area (Å²) in [5.74, 6) is -1.25. The van der Waals surface area contributed by atoms with Gasteiger partial charge in [0.1, 0.15) is 5.82 Å². The normalized spacial score (nSPS) is 24.1. The third-order valence-electron chi connectivity index (χ3n) is 3.61. The Morgan fingerprint density at radius 2 is 2.22 bits per heavy atom. The number of alkyl halides is 3. The average molecular weight is 260 g/mol. The van der Waals surface area contributed by atoms with Crippen molar-refractivity contribution in [3.05, 3.63) is 11.6 Å². The quantitative estimate of drug-likeness (QED) is 0.859. The van der Waals surface area contributed by atoms with Gasteiger partial charge in [0, 0.05) is 5.92 Å². The lowest BCUT2D eigenvalue weighted by molar-refractivity contribution is -0.144. The summed E-state index contributed by atoms with van der Waals surface area (Å²) in [6, 6.07) is 0. The molecule has 1 heterocycles. The van der Waals surface area contributed by atoms with Crippen LogP contribution in [0.2, 0.25) is 0 Å². The van der Waals surface area contributed by atoms with Gasteiger partial charge in [-0.3, -0.25) is 9.89 Å². The Balaban J connectivity index is 1.54. The number of nitrogens with one attached hydrogen (secondary N) is 2. The predicted octanol–water partition coefficient (Wildman–Crippen LogP) is 1.24. The molecule has 98 valence electrons. The molecule has 2 aliphatic carbocycles. The number of hydrogen-bond donors (Lipinski definition) is 2. The highest BCUT2D eigenvalue weighted by Crippen LogP contribution is 2.70. The minimum Gasteiger partial charge on any atom is -0.349 e. The molecule has 1 amide bonds. The number of carbonyl (C=O) groups is 1. The maximum absolute atomic E-state index is 12.2.